The minimum absolute atomic E-state index is 0.00791. The smallest absolute Gasteiger partial charge is 0.155 e. The maximum absolute atomic E-state index is 12.1. The molecule has 0 aliphatic heterocycles. The van der Waals surface area contributed by atoms with Gasteiger partial charge in [-0.05, 0) is 96.4 Å². The van der Waals surface area contributed by atoms with Crippen LogP contribution in [0, 0.1) is 58.2 Å². The van der Waals surface area contributed by atoms with E-state index in [1.165, 1.54) is 38.5 Å². The maximum Gasteiger partial charge on any atom is 0.155 e. The van der Waals surface area contributed by atoms with E-state index in [4.69, 9.17) is 0 Å². The molecule has 30 heavy (non-hydrogen) atoms. The number of carbonyl (C=O) groups excluding carboxylic acids is 1. The minimum Gasteiger partial charge on any atom is -0.393 e. The van der Waals surface area contributed by atoms with Crippen LogP contribution >= 0.6 is 0 Å². The Morgan fingerprint density at radius 2 is 1.80 bits per heavy atom. The molecule has 0 spiro atoms. The fourth-order valence-corrected chi connectivity index (χ4v) is 8.79. The molecule has 0 saturated heterocycles. The number of fused-ring (bicyclic) bond motifs is 5. The topological polar surface area (TPSA) is 37.3 Å². The van der Waals surface area contributed by atoms with Crippen LogP contribution in [0.25, 0.3) is 0 Å². The van der Waals surface area contributed by atoms with E-state index in [0.717, 1.165) is 36.0 Å². The molecule has 0 amide bonds. The van der Waals surface area contributed by atoms with E-state index in [-0.39, 0.29) is 17.3 Å². The van der Waals surface area contributed by atoms with Gasteiger partial charge in [0.25, 0.3) is 0 Å². The molecule has 170 valence electrons. The summed E-state index contributed by atoms with van der Waals surface area (Å²) in [7, 11) is 0. The van der Waals surface area contributed by atoms with Crippen molar-refractivity contribution in [1.82, 2.24) is 0 Å². The lowest BCUT2D eigenvalue weighted by molar-refractivity contribution is -0.153. The molecule has 0 heterocycles. The van der Waals surface area contributed by atoms with Crippen molar-refractivity contribution in [2.75, 3.05) is 0 Å². The molecular formula is C28H46O2. The second-order valence-electron chi connectivity index (χ2n) is 12.7. The van der Waals surface area contributed by atoms with E-state index in [9.17, 15) is 9.90 Å². The lowest BCUT2D eigenvalue weighted by Crippen LogP contribution is -2.58. The average Bonchev–Trinajstić information content (AvgIpc) is 3.02. The standard InChI is InChI=1S/C28H46O2/c1-17(2)18(3)7-8-19(4)23-11-12-24-22-10-9-20-15-21(29)13-14-27(20,5)26(22)25(30)16-28(23,24)6/h13-14,17-20,22-26,30H,7-12,15-16H2,1-6H3/t18-,19+,20-,22-,23-,24+,25+,26+,27-,28-/m0/s1. The number of rotatable bonds is 5. The number of carbonyl (C=O) groups is 1. The summed E-state index contributed by atoms with van der Waals surface area (Å²) in [5.74, 6) is 5.53. The van der Waals surface area contributed by atoms with Crippen molar-refractivity contribution in [2.45, 2.75) is 99.0 Å². The van der Waals surface area contributed by atoms with E-state index in [1.807, 2.05) is 6.08 Å². The van der Waals surface area contributed by atoms with Crippen molar-refractivity contribution < 1.29 is 9.90 Å². The number of ketones is 1. The first-order chi connectivity index (χ1) is 14.1. The van der Waals surface area contributed by atoms with Crippen molar-refractivity contribution in [3.05, 3.63) is 12.2 Å². The summed E-state index contributed by atoms with van der Waals surface area (Å²) in [6.07, 6.45) is 13.2. The number of aliphatic hydroxyl groups is 1. The van der Waals surface area contributed by atoms with Crippen molar-refractivity contribution in [3.8, 4) is 0 Å². The molecule has 10 atom stereocenters. The van der Waals surface area contributed by atoms with Gasteiger partial charge in [-0.25, -0.2) is 0 Å². The molecule has 1 N–H and O–H groups in total. The third-order valence-corrected chi connectivity index (χ3v) is 10.9. The summed E-state index contributed by atoms with van der Waals surface area (Å²) >= 11 is 0. The van der Waals surface area contributed by atoms with Crippen LogP contribution in [0.1, 0.15) is 92.9 Å². The summed E-state index contributed by atoms with van der Waals surface area (Å²) in [4.78, 5) is 12.1. The van der Waals surface area contributed by atoms with Crippen LogP contribution in [0.4, 0.5) is 0 Å². The first-order valence-corrected chi connectivity index (χ1v) is 13.0. The van der Waals surface area contributed by atoms with Gasteiger partial charge in [-0.15, -0.1) is 0 Å². The third-order valence-electron chi connectivity index (χ3n) is 10.9. The van der Waals surface area contributed by atoms with Gasteiger partial charge in [0.05, 0.1) is 6.10 Å². The number of allylic oxidation sites excluding steroid dienone is 2. The quantitative estimate of drug-likeness (QED) is 0.545. The summed E-state index contributed by atoms with van der Waals surface area (Å²) < 4.78 is 0. The molecule has 0 aromatic carbocycles. The number of aliphatic hydroxyl groups excluding tert-OH is 1. The van der Waals surface area contributed by atoms with Crippen LogP contribution in [0.3, 0.4) is 0 Å². The number of hydrogen-bond acceptors (Lipinski definition) is 2. The van der Waals surface area contributed by atoms with E-state index < -0.39 is 0 Å². The van der Waals surface area contributed by atoms with Gasteiger partial charge in [-0.2, -0.15) is 0 Å². The highest BCUT2D eigenvalue weighted by Gasteiger charge is 2.62. The second kappa shape index (κ2) is 8.05. The molecule has 0 aromatic rings. The van der Waals surface area contributed by atoms with Gasteiger partial charge in [0.2, 0.25) is 0 Å². The molecule has 2 nitrogen and oxygen atoms in total. The Hall–Kier alpha value is -0.630. The lowest BCUT2D eigenvalue weighted by Gasteiger charge is -2.61. The first kappa shape index (κ1) is 22.6. The van der Waals surface area contributed by atoms with Gasteiger partial charge >= 0.3 is 0 Å². The molecule has 3 saturated carbocycles. The van der Waals surface area contributed by atoms with Crippen LogP contribution in [-0.2, 0) is 4.79 Å². The molecule has 3 fully saturated rings. The monoisotopic (exact) mass is 414 g/mol. The van der Waals surface area contributed by atoms with E-state index in [0.29, 0.717) is 29.6 Å². The summed E-state index contributed by atoms with van der Waals surface area (Å²) in [6.45, 7) is 14.5. The van der Waals surface area contributed by atoms with Crippen molar-refractivity contribution in [2.24, 2.45) is 58.2 Å². The molecule has 4 aliphatic rings. The van der Waals surface area contributed by atoms with Gasteiger partial charge in [0.1, 0.15) is 0 Å². The Kier molecular flexibility index (Phi) is 6.06. The Balaban J connectivity index is 1.53. The Bertz CT molecular complexity index is 680. The Morgan fingerprint density at radius 1 is 1.07 bits per heavy atom. The predicted octanol–water partition coefficient (Wildman–Crippen LogP) is 6.67. The second-order valence-corrected chi connectivity index (χ2v) is 12.7. The fraction of sp³-hybridized carbons (Fsp3) is 0.893. The van der Waals surface area contributed by atoms with Crippen molar-refractivity contribution in [3.63, 3.8) is 0 Å². The van der Waals surface area contributed by atoms with Gasteiger partial charge < -0.3 is 5.11 Å². The van der Waals surface area contributed by atoms with Crippen LogP contribution in [0.5, 0.6) is 0 Å². The SMILES string of the molecule is CC(C)[C@@H](C)CC[C@@H](C)[C@@H]1CC[C@@H]2[C@@H]3CC[C@H]4CC(=O)C=C[C@]4(C)[C@H]3[C@H](O)C[C@]21C. The zero-order valence-corrected chi connectivity index (χ0v) is 20.4. The predicted molar refractivity (Wildman–Crippen MR) is 124 cm³/mol. The van der Waals surface area contributed by atoms with Crippen LogP contribution in [-0.4, -0.2) is 17.0 Å². The van der Waals surface area contributed by atoms with Crippen LogP contribution in [0.2, 0.25) is 0 Å². The molecule has 0 bridgehead atoms. The molecule has 2 heteroatoms. The van der Waals surface area contributed by atoms with E-state index >= 15 is 0 Å². The van der Waals surface area contributed by atoms with Gasteiger partial charge in [0.15, 0.2) is 5.78 Å². The molecule has 4 rings (SSSR count). The highest BCUT2D eigenvalue weighted by molar-refractivity contribution is 5.91. The first-order valence-electron chi connectivity index (χ1n) is 13.0. The average molecular weight is 415 g/mol. The molecule has 0 radical (unpaired) electrons. The van der Waals surface area contributed by atoms with Gasteiger partial charge in [0, 0.05) is 6.42 Å². The third kappa shape index (κ3) is 3.54. The van der Waals surface area contributed by atoms with E-state index in [1.54, 1.807) is 0 Å². The largest absolute Gasteiger partial charge is 0.393 e. The summed E-state index contributed by atoms with van der Waals surface area (Å²) in [5.41, 5.74) is 0.298. The van der Waals surface area contributed by atoms with Crippen molar-refractivity contribution in [1.29, 1.82) is 0 Å². The van der Waals surface area contributed by atoms with Crippen LogP contribution in [0.15, 0.2) is 12.2 Å². The summed E-state index contributed by atoms with van der Waals surface area (Å²) in [6, 6.07) is 0. The Morgan fingerprint density at radius 3 is 2.50 bits per heavy atom. The van der Waals surface area contributed by atoms with E-state index in [2.05, 4.69) is 47.6 Å². The zero-order chi connectivity index (χ0) is 21.8. The lowest BCUT2D eigenvalue weighted by atomic mass is 9.44. The molecule has 4 aliphatic carbocycles. The molecular weight excluding hydrogens is 368 g/mol. The fourth-order valence-electron chi connectivity index (χ4n) is 8.79. The number of hydrogen-bond donors (Lipinski definition) is 1. The maximum atomic E-state index is 12.1. The Labute approximate surface area is 185 Å². The highest BCUT2D eigenvalue weighted by atomic mass is 16.3. The van der Waals surface area contributed by atoms with Gasteiger partial charge in [-0.1, -0.05) is 60.5 Å². The van der Waals surface area contributed by atoms with Gasteiger partial charge in [-0.3, -0.25) is 4.79 Å². The summed E-state index contributed by atoms with van der Waals surface area (Å²) in [5, 5.41) is 11.6. The molecule has 0 unspecified atom stereocenters. The minimum atomic E-state index is -0.218. The highest BCUT2D eigenvalue weighted by Crippen LogP contribution is 2.67. The zero-order valence-electron chi connectivity index (χ0n) is 20.4. The van der Waals surface area contributed by atoms with Crippen molar-refractivity contribution >= 4 is 5.78 Å². The van der Waals surface area contributed by atoms with Crippen LogP contribution < -0.4 is 0 Å². The normalized spacial score (nSPS) is 47.5. The molecule has 0 aromatic heterocycles.